The molecule has 1 N–H and O–H groups in total. The lowest BCUT2D eigenvalue weighted by Crippen LogP contribution is -2.23. The van der Waals surface area contributed by atoms with Crippen LogP contribution in [0.4, 0.5) is 5.13 Å². The first-order valence-electron chi connectivity index (χ1n) is 10.3. The Kier molecular flexibility index (Phi) is 5.22. The molecule has 1 aliphatic rings. The zero-order valence-electron chi connectivity index (χ0n) is 16.9. The van der Waals surface area contributed by atoms with Gasteiger partial charge in [-0.05, 0) is 41.0 Å². The summed E-state index contributed by atoms with van der Waals surface area (Å²) in [5.74, 6) is 0.0102. The van der Waals surface area contributed by atoms with E-state index in [2.05, 4.69) is 34.6 Å². The highest BCUT2D eigenvalue weighted by Gasteiger charge is 2.20. The van der Waals surface area contributed by atoms with E-state index in [0.717, 1.165) is 35.2 Å². The number of benzene rings is 3. The van der Waals surface area contributed by atoms with Crippen LogP contribution in [0, 0.1) is 0 Å². The van der Waals surface area contributed by atoms with Gasteiger partial charge >= 0.3 is 0 Å². The van der Waals surface area contributed by atoms with E-state index >= 15 is 0 Å². The average molecular weight is 428 g/mol. The fraction of sp³-hybridized carbons (Fsp3) is 0.160. The lowest BCUT2D eigenvalue weighted by molar-refractivity contribution is -0.128. The van der Waals surface area contributed by atoms with Crippen LogP contribution >= 0.6 is 11.3 Å². The van der Waals surface area contributed by atoms with Crippen molar-refractivity contribution in [1.29, 1.82) is 0 Å². The number of fused-ring (bicyclic) bond motifs is 1. The number of rotatable bonds is 5. The Balaban J connectivity index is 1.26. The minimum absolute atomic E-state index is 0.191. The molecular weight excluding hydrogens is 406 g/mol. The molecule has 0 saturated carbocycles. The molecule has 4 aromatic rings. The van der Waals surface area contributed by atoms with E-state index in [1.54, 1.807) is 12.1 Å². The van der Waals surface area contributed by atoms with E-state index in [4.69, 9.17) is 0 Å². The number of carbonyl (C=O) groups is 2. The van der Waals surface area contributed by atoms with Crippen molar-refractivity contribution in [3.8, 4) is 11.3 Å². The van der Waals surface area contributed by atoms with Crippen molar-refractivity contribution in [3.63, 3.8) is 0 Å². The number of hydrogen-bond donors (Lipinski definition) is 1. The van der Waals surface area contributed by atoms with Crippen molar-refractivity contribution in [2.75, 3.05) is 11.9 Å². The highest BCUT2D eigenvalue weighted by atomic mass is 32.1. The summed E-state index contributed by atoms with van der Waals surface area (Å²) < 4.78 is 0. The van der Waals surface area contributed by atoms with Gasteiger partial charge in [-0.25, -0.2) is 4.98 Å². The van der Waals surface area contributed by atoms with Crippen molar-refractivity contribution in [2.45, 2.75) is 19.4 Å². The van der Waals surface area contributed by atoms with Gasteiger partial charge in [0.15, 0.2) is 5.13 Å². The maximum atomic E-state index is 12.6. The van der Waals surface area contributed by atoms with Crippen LogP contribution in [0.1, 0.15) is 28.8 Å². The van der Waals surface area contributed by atoms with Gasteiger partial charge in [0.05, 0.1) is 5.69 Å². The largest absolute Gasteiger partial charge is 0.338 e. The van der Waals surface area contributed by atoms with Crippen molar-refractivity contribution in [1.82, 2.24) is 9.88 Å². The summed E-state index contributed by atoms with van der Waals surface area (Å²) >= 11 is 1.41. The van der Waals surface area contributed by atoms with Gasteiger partial charge in [0, 0.05) is 36.0 Å². The first kappa shape index (κ1) is 19.5. The van der Waals surface area contributed by atoms with Crippen LogP contribution in [0.15, 0.2) is 72.1 Å². The summed E-state index contributed by atoms with van der Waals surface area (Å²) in [7, 11) is 0. The van der Waals surface area contributed by atoms with Gasteiger partial charge in [-0.3, -0.25) is 14.9 Å². The summed E-state index contributed by atoms with van der Waals surface area (Å²) in [4.78, 5) is 30.9. The Hall–Kier alpha value is -3.51. The highest BCUT2D eigenvalue weighted by Crippen LogP contribution is 2.28. The Bertz CT molecular complexity index is 1260. The first-order valence-corrected chi connectivity index (χ1v) is 11.2. The summed E-state index contributed by atoms with van der Waals surface area (Å²) in [6, 6.07) is 21.9. The fourth-order valence-electron chi connectivity index (χ4n) is 3.83. The van der Waals surface area contributed by atoms with Gasteiger partial charge in [-0.1, -0.05) is 48.5 Å². The second-order valence-electron chi connectivity index (χ2n) is 7.67. The molecule has 0 atom stereocenters. The van der Waals surface area contributed by atoms with E-state index in [0.29, 0.717) is 23.7 Å². The number of likely N-dealkylation sites (tertiary alicyclic amines) is 1. The van der Waals surface area contributed by atoms with E-state index in [1.807, 2.05) is 40.6 Å². The monoisotopic (exact) mass is 427 g/mol. The van der Waals surface area contributed by atoms with Crippen LogP contribution in [-0.4, -0.2) is 28.2 Å². The normalized spacial score (nSPS) is 13.7. The van der Waals surface area contributed by atoms with Crippen LogP contribution in [0.5, 0.6) is 0 Å². The Labute approximate surface area is 184 Å². The van der Waals surface area contributed by atoms with E-state index < -0.39 is 0 Å². The number of nitrogens with one attached hydrogen (secondary N) is 1. The molecule has 1 fully saturated rings. The molecule has 1 aliphatic heterocycles. The number of hydrogen-bond acceptors (Lipinski definition) is 4. The third kappa shape index (κ3) is 4.20. The number of thiazole rings is 1. The van der Waals surface area contributed by atoms with Crippen LogP contribution in [0.25, 0.3) is 22.0 Å². The Morgan fingerprint density at radius 1 is 1.03 bits per heavy atom. The molecule has 6 heteroatoms. The first-order chi connectivity index (χ1) is 15.2. The number of anilines is 1. The summed E-state index contributed by atoms with van der Waals surface area (Å²) in [5.41, 5.74) is 3.46. The minimum Gasteiger partial charge on any atom is -0.338 e. The minimum atomic E-state index is -0.191. The summed E-state index contributed by atoms with van der Waals surface area (Å²) in [5, 5.41) is 7.76. The SMILES string of the molecule is O=C(Nc1nc(-c2ccc3ccccc3c2)cs1)c1ccc(CN2CCCC2=O)cc1. The molecule has 5 nitrogen and oxygen atoms in total. The molecule has 3 aromatic carbocycles. The van der Waals surface area contributed by atoms with Crippen LogP contribution < -0.4 is 5.32 Å². The highest BCUT2D eigenvalue weighted by molar-refractivity contribution is 7.14. The number of nitrogens with zero attached hydrogens (tertiary/aromatic N) is 2. The second-order valence-corrected chi connectivity index (χ2v) is 8.53. The smallest absolute Gasteiger partial charge is 0.257 e. The Morgan fingerprint density at radius 3 is 2.61 bits per heavy atom. The van der Waals surface area contributed by atoms with Crippen LogP contribution in [0.2, 0.25) is 0 Å². The van der Waals surface area contributed by atoms with Gasteiger partial charge in [0.25, 0.3) is 5.91 Å². The maximum absolute atomic E-state index is 12.6. The van der Waals surface area contributed by atoms with E-state index in [1.165, 1.54) is 16.7 Å². The predicted molar refractivity (Wildman–Crippen MR) is 124 cm³/mol. The fourth-order valence-corrected chi connectivity index (χ4v) is 4.55. The predicted octanol–water partition coefficient (Wildman–Crippen LogP) is 5.34. The molecule has 154 valence electrons. The molecule has 0 unspecified atom stereocenters. The molecule has 1 aromatic heterocycles. The van der Waals surface area contributed by atoms with Gasteiger partial charge < -0.3 is 4.90 Å². The Morgan fingerprint density at radius 2 is 1.84 bits per heavy atom. The van der Waals surface area contributed by atoms with E-state index in [9.17, 15) is 9.59 Å². The molecule has 1 saturated heterocycles. The molecule has 0 radical (unpaired) electrons. The zero-order valence-corrected chi connectivity index (χ0v) is 17.7. The van der Waals surface area contributed by atoms with Crippen LogP contribution in [0.3, 0.4) is 0 Å². The van der Waals surface area contributed by atoms with Crippen molar-refractivity contribution in [2.24, 2.45) is 0 Å². The molecule has 31 heavy (non-hydrogen) atoms. The molecule has 0 bridgehead atoms. The number of aromatic nitrogens is 1. The van der Waals surface area contributed by atoms with Gasteiger partial charge in [-0.15, -0.1) is 11.3 Å². The van der Waals surface area contributed by atoms with Gasteiger partial charge in [0.1, 0.15) is 0 Å². The van der Waals surface area contributed by atoms with Gasteiger partial charge in [-0.2, -0.15) is 0 Å². The number of carbonyl (C=O) groups excluding carboxylic acids is 2. The lowest BCUT2D eigenvalue weighted by Gasteiger charge is -2.15. The van der Waals surface area contributed by atoms with Crippen molar-refractivity contribution in [3.05, 3.63) is 83.2 Å². The molecule has 2 amide bonds. The third-order valence-electron chi connectivity index (χ3n) is 5.53. The van der Waals surface area contributed by atoms with Crippen LogP contribution in [-0.2, 0) is 11.3 Å². The molecular formula is C25H21N3O2S. The number of amides is 2. The summed E-state index contributed by atoms with van der Waals surface area (Å²) in [6.45, 7) is 1.41. The lowest BCUT2D eigenvalue weighted by atomic mass is 10.1. The van der Waals surface area contributed by atoms with Crippen molar-refractivity contribution < 1.29 is 9.59 Å². The van der Waals surface area contributed by atoms with E-state index in [-0.39, 0.29) is 11.8 Å². The standard InChI is InChI=1S/C25H21N3O2S/c29-23-6-3-13-28(23)15-17-7-9-19(10-8-17)24(30)27-25-26-22(16-31-25)21-12-11-18-4-1-2-5-20(18)14-21/h1-2,4-5,7-12,14,16H,3,6,13,15H2,(H,26,27,30). The molecule has 2 heterocycles. The quantitative estimate of drug-likeness (QED) is 0.468. The topological polar surface area (TPSA) is 62.3 Å². The summed E-state index contributed by atoms with van der Waals surface area (Å²) in [6.07, 6.45) is 1.56. The third-order valence-corrected chi connectivity index (χ3v) is 6.29. The van der Waals surface area contributed by atoms with Crippen molar-refractivity contribution >= 4 is 39.1 Å². The average Bonchev–Trinajstić information content (AvgIpc) is 3.43. The maximum Gasteiger partial charge on any atom is 0.257 e. The second kappa shape index (κ2) is 8.32. The zero-order chi connectivity index (χ0) is 21.2. The molecule has 0 aliphatic carbocycles. The molecule has 5 rings (SSSR count). The van der Waals surface area contributed by atoms with Gasteiger partial charge in [0.2, 0.25) is 5.91 Å². The molecule has 0 spiro atoms.